The third kappa shape index (κ3) is 2.90. The van der Waals surface area contributed by atoms with Gasteiger partial charge in [-0.25, -0.2) is 4.39 Å². The van der Waals surface area contributed by atoms with E-state index >= 15 is 0 Å². The van der Waals surface area contributed by atoms with E-state index in [1.165, 1.54) is 18.4 Å². The maximum atomic E-state index is 13.6. The van der Waals surface area contributed by atoms with Crippen LogP contribution >= 0.6 is 0 Å². The van der Waals surface area contributed by atoms with Gasteiger partial charge in [-0.15, -0.1) is 10.2 Å². The van der Waals surface area contributed by atoms with Crippen molar-refractivity contribution in [3.63, 3.8) is 0 Å². The minimum Gasteiger partial charge on any atom is -0.357 e. The van der Waals surface area contributed by atoms with Gasteiger partial charge in [-0.1, -0.05) is 12.1 Å². The molecule has 2 aromatic heterocycles. The zero-order chi connectivity index (χ0) is 16.4. The molecule has 0 aromatic carbocycles. The maximum absolute atomic E-state index is 13.6. The predicted octanol–water partition coefficient (Wildman–Crippen LogP) is 4.27. The molecule has 0 spiro atoms. The molecule has 124 valence electrons. The Kier molecular flexibility index (Phi) is 4.00. The number of allylic oxidation sites excluding steroid dienone is 2. The lowest BCUT2D eigenvalue weighted by Crippen LogP contribution is -2.49. The fourth-order valence-corrected chi connectivity index (χ4v) is 3.60. The van der Waals surface area contributed by atoms with Crippen LogP contribution in [0.3, 0.4) is 0 Å². The van der Waals surface area contributed by atoms with E-state index in [4.69, 9.17) is 0 Å². The van der Waals surface area contributed by atoms with Gasteiger partial charge < -0.3 is 5.32 Å². The molecule has 0 aliphatic heterocycles. The van der Waals surface area contributed by atoms with Crippen LogP contribution in [0.25, 0.3) is 5.57 Å². The molecular formula is C19H21FN4. The van der Waals surface area contributed by atoms with Gasteiger partial charge >= 0.3 is 0 Å². The van der Waals surface area contributed by atoms with Crippen LogP contribution in [-0.2, 0) is 5.54 Å². The number of anilines is 1. The van der Waals surface area contributed by atoms with Crippen molar-refractivity contribution in [3.05, 3.63) is 54.0 Å². The summed E-state index contributed by atoms with van der Waals surface area (Å²) in [5.41, 5.74) is 2.62. The Bertz CT molecular complexity index is 721. The molecular weight excluding hydrogens is 303 g/mol. The molecule has 1 N–H and O–H groups in total. The van der Waals surface area contributed by atoms with Crippen LogP contribution in [0.4, 0.5) is 10.2 Å². The quantitative estimate of drug-likeness (QED) is 0.912. The fraction of sp³-hybridized carbons (Fsp3) is 0.421. The Morgan fingerprint density at radius 2 is 2.00 bits per heavy atom. The number of alkyl halides is 1. The van der Waals surface area contributed by atoms with Crippen LogP contribution in [0.2, 0.25) is 0 Å². The number of hydrogen-bond acceptors (Lipinski definition) is 4. The van der Waals surface area contributed by atoms with Crippen molar-refractivity contribution in [2.45, 2.75) is 50.2 Å². The van der Waals surface area contributed by atoms with E-state index in [9.17, 15) is 4.39 Å². The molecule has 0 unspecified atom stereocenters. The molecule has 0 saturated heterocycles. The minimum atomic E-state index is -0.792. The molecule has 5 heteroatoms. The van der Waals surface area contributed by atoms with Crippen LogP contribution in [0.1, 0.15) is 49.9 Å². The SMILES string of the molecule is FC1CC(Nc2ccc(C3=CCCCC3)nn2)(c2ccccn2)C1. The van der Waals surface area contributed by atoms with E-state index in [1.807, 2.05) is 30.3 Å². The van der Waals surface area contributed by atoms with Crippen LogP contribution in [0.5, 0.6) is 0 Å². The second-order valence-electron chi connectivity index (χ2n) is 6.71. The number of hydrogen-bond donors (Lipinski definition) is 1. The van der Waals surface area contributed by atoms with E-state index in [0.29, 0.717) is 18.7 Å². The molecule has 2 aliphatic rings. The lowest BCUT2D eigenvalue weighted by molar-refractivity contribution is 0.111. The van der Waals surface area contributed by atoms with Gasteiger partial charge in [-0.05, 0) is 55.5 Å². The van der Waals surface area contributed by atoms with Gasteiger partial charge in [0.15, 0.2) is 0 Å². The lowest BCUT2D eigenvalue weighted by Gasteiger charge is -2.44. The van der Waals surface area contributed by atoms with Crippen molar-refractivity contribution in [2.24, 2.45) is 0 Å². The molecule has 0 radical (unpaired) electrons. The standard InChI is InChI=1S/C19H21FN4/c20-15-12-19(13-15,17-8-4-5-11-21-17)22-18-10-9-16(23-24-18)14-6-2-1-3-7-14/h4-6,8-11,15H,1-3,7,12-13H2,(H,22,24). The topological polar surface area (TPSA) is 50.7 Å². The monoisotopic (exact) mass is 324 g/mol. The van der Waals surface area contributed by atoms with Gasteiger partial charge in [-0.2, -0.15) is 0 Å². The predicted molar refractivity (Wildman–Crippen MR) is 92.1 cm³/mol. The van der Waals surface area contributed by atoms with E-state index in [-0.39, 0.29) is 0 Å². The molecule has 0 bridgehead atoms. The van der Waals surface area contributed by atoms with E-state index < -0.39 is 11.7 Å². The number of rotatable bonds is 4. The summed E-state index contributed by atoms with van der Waals surface area (Å²) in [5, 5.41) is 12.1. The highest BCUT2D eigenvalue weighted by atomic mass is 19.1. The van der Waals surface area contributed by atoms with Crippen molar-refractivity contribution in [3.8, 4) is 0 Å². The second kappa shape index (κ2) is 6.30. The summed E-state index contributed by atoms with van der Waals surface area (Å²) in [6.07, 6.45) is 8.71. The Morgan fingerprint density at radius 1 is 1.08 bits per heavy atom. The van der Waals surface area contributed by atoms with E-state index in [0.717, 1.165) is 24.2 Å². The first-order valence-electron chi connectivity index (χ1n) is 8.62. The number of pyridine rings is 1. The van der Waals surface area contributed by atoms with Crippen molar-refractivity contribution >= 4 is 11.4 Å². The van der Waals surface area contributed by atoms with Crippen LogP contribution in [-0.4, -0.2) is 21.4 Å². The van der Waals surface area contributed by atoms with Crippen molar-refractivity contribution in [1.29, 1.82) is 0 Å². The highest BCUT2D eigenvalue weighted by molar-refractivity contribution is 5.63. The molecule has 2 aliphatic carbocycles. The molecule has 2 aromatic rings. The number of aromatic nitrogens is 3. The number of nitrogens with zero attached hydrogens (tertiary/aromatic N) is 3. The third-order valence-corrected chi connectivity index (χ3v) is 4.95. The summed E-state index contributed by atoms with van der Waals surface area (Å²) in [6.45, 7) is 0. The first-order chi connectivity index (χ1) is 11.8. The Hall–Kier alpha value is -2.30. The first-order valence-corrected chi connectivity index (χ1v) is 8.62. The molecule has 0 atom stereocenters. The van der Waals surface area contributed by atoms with E-state index in [1.54, 1.807) is 6.20 Å². The van der Waals surface area contributed by atoms with Crippen molar-refractivity contribution in [2.75, 3.05) is 5.32 Å². The molecule has 4 nitrogen and oxygen atoms in total. The summed E-state index contributed by atoms with van der Waals surface area (Å²) in [7, 11) is 0. The van der Waals surface area contributed by atoms with Crippen LogP contribution < -0.4 is 5.32 Å². The second-order valence-corrected chi connectivity index (χ2v) is 6.71. The highest BCUT2D eigenvalue weighted by Crippen LogP contribution is 2.44. The molecule has 4 rings (SSSR count). The Morgan fingerprint density at radius 3 is 2.62 bits per heavy atom. The molecule has 0 amide bonds. The maximum Gasteiger partial charge on any atom is 0.149 e. The summed E-state index contributed by atoms with van der Waals surface area (Å²) in [4.78, 5) is 4.41. The number of nitrogens with one attached hydrogen (secondary N) is 1. The largest absolute Gasteiger partial charge is 0.357 e. The summed E-state index contributed by atoms with van der Waals surface area (Å²) in [6, 6.07) is 9.68. The zero-order valence-electron chi connectivity index (χ0n) is 13.6. The minimum absolute atomic E-state index is 0.415. The highest BCUT2D eigenvalue weighted by Gasteiger charge is 2.47. The van der Waals surface area contributed by atoms with Gasteiger partial charge in [0, 0.05) is 19.0 Å². The van der Waals surface area contributed by atoms with Gasteiger partial charge in [-0.3, -0.25) is 4.98 Å². The Labute approximate surface area is 141 Å². The van der Waals surface area contributed by atoms with Crippen molar-refractivity contribution in [1.82, 2.24) is 15.2 Å². The van der Waals surface area contributed by atoms with E-state index in [2.05, 4.69) is 26.6 Å². The number of halogens is 1. The van der Waals surface area contributed by atoms with Gasteiger partial charge in [0.05, 0.1) is 16.9 Å². The van der Waals surface area contributed by atoms with Crippen LogP contribution in [0, 0.1) is 0 Å². The smallest absolute Gasteiger partial charge is 0.149 e. The normalized spacial score (nSPS) is 26.4. The average Bonchev–Trinajstić information content (AvgIpc) is 2.62. The summed E-state index contributed by atoms with van der Waals surface area (Å²) in [5.74, 6) is 0.674. The fourth-order valence-electron chi connectivity index (χ4n) is 3.60. The lowest BCUT2D eigenvalue weighted by atomic mass is 9.72. The molecule has 2 heterocycles. The molecule has 1 fully saturated rings. The van der Waals surface area contributed by atoms with Gasteiger partial charge in [0.25, 0.3) is 0 Å². The molecule has 1 saturated carbocycles. The molecule has 24 heavy (non-hydrogen) atoms. The average molecular weight is 324 g/mol. The van der Waals surface area contributed by atoms with Gasteiger partial charge in [0.1, 0.15) is 12.0 Å². The zero-order valence-corrected chi connectivity index (χ0v) is 13.6. The first kappa shape index (κ1) is 15.2. The van der Waals surface area contributed by atoms with Crippen molar-refractivity contribution < 1.29 is 4.39 Å². The van der Waals surface area contributed by atoms with Gasteiger partial charge in [0.2, 0.25) is 0 Å². The summed E-state index contributed by atoms with van der Waals surface area (Å²) < 4.78 is 13.6. The third-order valence-electron chi connectivity index (χ3n) is 4.95. The summed E-state index contributed by atoms with van der Waals surface area (Å²) >= 11 is 0. The Balaban J connectivity index is 1.54. The van der Waals surface area contributed by atoms with Crippen LogP contribution in [0.15, 0.2) is 42.6 Å².